The van der Waals surface area contributed by atoms with E-state index in [4.69, 9.17) is 14.7 Å². The maximum Gasteiger partial charge on any atom is 0.274 e. The molecule has 2 aromatic heterocycles. The molecule has 0 bridgehead atoms. The van der Waals surface area contributed by atoms with Crippen molar-refractivity contribution in [3.05, 3.63) is 72.1 Å². The largest absolute Gasteiger partial charge is 0.378 e. The Balaban J connectivity index is 1.73. The van der Waals surface area contributed by atoms with Gasteiger partial charge in [0.1, 0.15) is 11.2 Å². The standard InChI is InChI=1S/C23H21N5O2/c1-16-19-22(28(26-16)18-10-6-3-7-11-18)25-20(17-8-4-2-5-9-17)21(24-19)23(29)27-12-14-30-15-13-27/h2-11H,12-15H2,1H3. The first kappa shape index (κ1) is 18.4. The van der Waals surface area contributed by atoms with Gasteiger partial charge in [-0.3, -0.25) is 4.79 Å². The molecule has 1 saturated heterocycles. The Bertz CT molecular complexity index is 1200. The molecule has 0 unspecified atom stereocenters. The van der Waals surface area contributed by atoms with E-state index in [1.807, 2.05) is 67.6 Å². The number of morpholine rings is 1. The van der Waals surface area contributed by atoms with Gasteiger partial charge >= 0.3 is 0 Å². The molecule has 0 radical (unpaired) electrons. The van der Waals surface area contributed by atoms with Crippen LogP contribution in [0, 0.1) is 6.92 Å². The second-order valence-electron chi connectivity index (χ2n) is 7.20. The number of aryl methyl sites for hydroxylation is 1. The maximum absolute atomic E-state index is 13.4. The summed E-state index contributed by atoms with van der Waals surface area (Å²) >= 11 is 0. The highest BCUT2D eigenvalue weighted by atomic mass is 16.5. The van der Waals surface area contributed by atoms with E-state index < -0.39 is 0 Å². The topological polar surface area (TPSA) is 73.1 Å². The van der Waals surface area contributed by atoms with Crippen LogP contribution in [-0.2, 0) is 4.74 Å². The first-order chi connectivity index (χ1) is 14.7. The molecule has 0 atom stereocenters. The van der Waals surface area contributed by atoms with Crippen LogP contribution >= 0.6 is 0 Å². The van der Waals surface area contributed by atoms with Crippen LogP contribution in [0.1, 0.15) is 16.2 Å². The molecule has 1 aliphatic rings. The normalized spacial score (nSPS) is 14.2. The number of ether oxygens (including phenoxy) is 1. The molecule has 1 aliphatic heterocycles. The van der Waals surface area contributed by atoms with Crippen LogP contribution in [0.5, 0.6) is 0 Å². The summed E-state index contributed by atoms with van der Waals surface area (Å²) in [5.41, 5.74) is 4.67. The molecular weight excluding hydrogens is 378 g/mol. The van der Waals surface area contributed by atoms with Crippen LogP contribution < -0.4 is 0 Å². The lowest BCUT2D eigenvalue weighted by molar-refractivity contribution is 0.0299. The quantitative estimate of drug-likeness (QED) is 0.529. The van der Waals surface area contributed by atoms with E-state index in [0.29, 0.717) is 48.9 Å². The third-order valence-corrected chi connectivity index (χ3v) is 5.22. The number of para-hydroxylation sites is 1. The van der Waals surface area contributed by atoms with Crippen molar-refractivity contribution in [2.45, 2.75) is 6.92 Å². The number of hydrogen-bond donors (Lipinski definition) is 0. The number of benzene rings is 2. The third-order valence-electron chi connectivity index (χ3n) is 5.22. The van der Waals surface area contributed by atoms with Crippen LogP contribution in [0.25, 0.3) is 28.1 Å². The van der Waals surface area contributed by atoms with Crippen molar-refractivity contribution < 1.29 is 9.53 Å². The van der Waals surface area contributed by atoms with E-state index in [1.165, 1.54) is 0 Å². The molecule has 2 aromatic carbocycles. The van der Waals surface area contributed by atoms with Crippen molar-refractivity contribution in [3.8, 4) is 16.9 Å². The summed E-state index contributed by atoms with van der Waals surface area (Å²) in [7, 11) is 0. The Morgan fingerprint density at radius 3 is 2.30 bits per heavy atom. The number of fused-ring (bicyclic) bond motifs is 1. The summed E-state index contributed by atoms with van der Waals surface area (Å²) in [4.78, 5) is 24.9. The molecule has 0 aliphatic carbocycles. The molecule has 3 heterocycles. The van der Waals surface area contributed by atoms with Gasteiger partial charge in [0.25, 0.3) is 5.91 Å². The predicted octanol–water partition coefficient (Wildman–Crippen LogP) is 3.26. The van der Waals surface area contributed by atoms with Gasteiger partial charge in [-0.15, -0.1) is 0 Å². The number of amides is 1. The van der Waals surface area contributed by atoms with Crippen molar-refractivity contribution in [2.24, 2.45) is 0 Å². The van der Waals surface area contributed by atoms with E-state index in [0.717, 1.165) is 16.9 Å². The summed E-state index contributed by atoms with van der Waals surface area (Å²) in [6.07, 6.45) is 0. The molecule has 4 aromatic rings. The fourth-order valence-corrected chi connectivity index (χ4v) is 3.67. The lowest BCUT2D eigenvalue weighted by atomic mass is 10.1. The van der Waals surface area contributed by atoms with E-state index in [9.17, 15) is 4.79 Å². The molecule has 7 nitrogen and oxygen atoms in total. The number of carbonyl (C=O) groups is 1. The Hall–Kier alpha value is -3.58. The van der Waals surface area contributed by atoms with E-state index >= 15 is 0 Å². The highest BCUT2D eigenvalue weighted by molar-refractivity contribution is 6.00. The highest BCUT2D eigenvalue weighted by Gasteiger charge is 2.26. The van der Waals surface area contributed by atoms with Gasteiger partial charge in [-0.1, -0.05) is 48.5 Å². The maximum atomic E-state index is 13.4. The first-order valence-electron chi connectivity index (χ1n) is 9.97. The lowest BCUT2D eigenvalue weighted by Gasteiger charge is -2.27. The van der Waals surface area contributed by atoms with E-state index in [1.54, 1.807) is 9.58 Å². The van der Waals surface area contributed by atoms with Gasteiger partial charge in [0, 0.05) is 18.7 Å². The van der Waals surface area contributed by atoms with Gasteiger partial charge in [-0.05, 0) is 19.1 Å². The molecule has 7 heteroatoms. The molecule has 30 heavy (non-hydrogen) atoms. The van der Waals surface area contributed by atoms with Gasteiger partial charge in [-0.2, -0.15) is 5.10 Å². The smallest absolute Gasteiger partial charge is 0.274 e. The summed E-state index contributed by atoms with van der Waals surface area (Å²) < 4.78 is 7.18. The molecule has 1 fully saturated rings. The summed E-state index contributed by atoms with van der Waals surface area (Å²) in [6.45, 7) is 4.06. The van der Waals surface area contributed by atoms with Crippen LogP contribution in [0.15, 0.2) is 60.7 Å². The summed E-state index contributed by atoms with van der Waals surface area (Å²) in [5.74, 6) is -0.126. The molecule has 0 N–H and O–H groups in total. The predicted molar refractivity (Wildman–Crippen MR) is 114 cm³/mol. The minimum absolute atomic E-state index is 0.126. The summed E-state index contributed by atoms with van der Waals surface area (Å²) in [6, 6.07) is 19.5. The third kappa shape index (κ3) is 3.23. The van der Waals surface area contributed by atoms with Gasteiger partial charge in [0.05, 0.1) is 24.6 Å². The summed E-state index contributed by atoms with van der Waals surface area (Å²) in [5, 5.41) is 4.65. The Kier molecular flexibility index (Phi) is 4.72. The zero-order valence-electron chi connectivity index (χ0n) is 16.7. The SMILES string of the molecule is Cc1nn(-c2ccccc2)c2nc(-c3ccccc3)c(C(=O)N3CCOCC3)nc12. The van der Waals surface area contributed by atoms with Crippen molar-refractivity contribution in [1.82, 2.24) is 24.6 Å². The average Bonchev–Trinajstić information content (AvgIpc) is 3.15. The zero-order valence-corrected chi connectivity index (χ0v) is 16.7. The van der Waals surface area contributed by atoms with Crippen LogP contribution in [0.2, 0.25) is 0 Å². The molecule has 0 spiro atoms. The van der Waals surface area contributed by atoms with Crippen molar-refractivity contribution in [1.29, 1.82) is 0 Å². The van der Waals surface area contributed by atoms with Gasteiger partial charge in [-0.25, -0.2) is 14.6 Å². The Labute approximate surface area is 173 Å². The molecule has 150 valence electrons. The highest BCUT2D eigenvalue weighted by Crippen LogP contribution is 2.27. The molecule has 5 rings (SSSR count). The van der Waals surface area contributed by atoms with Crippen LogP contribution in [0.4, 0.5) is 0 Å². The molecule has 0 saturated carbocycles. The van der Waals surface area contributed by atoms with E-state index in [-0.39, 0.29) is 5.91 Å². The Morgan fingerprint density at radius 2 is 1.60 bits per heavy atom. The first-order valence-corrected chi connectivity index (χ1v) is 9.97. The molecule has 1 amide bonds. The minimum atomic E-state index is -0.126. The van der Waals surface area contributed by atoms with Crippen LogP contribution in [-0.4, -0.2) is 56.9 Å². The van der Waals surface area contributed by atoms with Crippen molar-refractivity contribution in [3.63, 3.8) is 0 Å². The minimum Gasteiger partial charge on any atom is -0.378 e. The second-order valence-corrected chi connectivity index (χ2v) is 7.20. The number of carbonyl (C=O) groups excluding carboxylic acids is 1. The number of nitrogens with zero attached hydrogens (tertiary/aromatic N) is 5. The van der Waals surface area contributed by atoms with Crippen LogP contribution in [0.3, 0.4) is 0 Å². The van der Waals surface area contributed by atoms with Crippen molar-refractivity contribution in [2.75, 3.05) is 26.3 Å². The fraction of sp³-hybridized carbons (Fsp3) is 0.217. The number of aromatic nitrogens is 4. The number of hydrogen-bond acceptors (Lipinski definition) is 5. The van der Waals surface area contributed by atoms with Gasteiger partial charge < -0.3 is 9.64 Å². The fourth-order valence-electron chi connectivity index (χ4n) is 3.67. The second kappa shape index (κ2) is 7.68. The van der Waals surface area contributed by atoms with Crippen molar-refractivity contribution >= 4 is 17.1 Å². The molecular formula is C23H21N5O2. The Morgan fingerprint density at radius 1 is 0.933 bits per heavy atom. The number of rotatable bonds is 3. The van der Waals surface area contributed by atoms with E-state index in [2.05, 4.69) is 5.10 Å². The van der Waals surface area contributed by atoms with Gasteiger partial charge in [0.15, 0.2) is 11.3 Å². The monoisotopic (exact) mass is 399 g/mol. The van der Waals surface area contributed by atoms with Gasteiger partial charge in [0.2, 0.25) is 0 Å². The zero-order chi connectivity index (χ0) is 20.5. The average molecular weight is 399 g/mol. The lowest BCUT2D eigenvalue weighted by Crippen LogP contribution is -2.41.